The number of nitrogens with zero attached hydrogens (tertiary/aromatic N) is 1. The molecule has 2 rings (SSSR count). The van der Waals surface area contributed by atoms with Crippen molar-refractivity contribution in [3.63, 3.8) is 0 Å². The van der Waals surface area contributed by atoms with E-state index >= 15 is 0 Å². The minimum atomic E-state index is -0.828. The van der Waals surface area contributed by atoms with Crippen LogP contribution in [0.3, 0.4) is 0 Å². The normalized spacial score (nSPS) is 15.0. The summed E-state index contributed by atoms with van der Waals surface area (Å²) in [6, 6.07) is 7.12. The molecule has 6 heteroatoms. The minimum absolute atomic E-state index is 0.0514. The molecule has 6 nitrogen and oxygen atoms in total. The van der Waals surface area contributed by atoms with E-state index in [0.29, 0.717) is 50.8 Å². The number of carbonyl (C=O) groups is 3. The van der Waals surface area contributed by atoms with Crippen molar-refractivity contribution in [1.82, 2.24) is 4.90 Å². The Kier molecular flexibility index (Phi) is 6.98. The number of amides is 1. The predicted octanol–water partition coefficient (Wildman–Crippen LogP) is 2.76. The van der Waals surface area contributed by atoms with Gasteiger partial charge in [-0.2, -0.15) is 0 Å². The van der Waals surface area contributed by atoms with Gasteiger partial charge in [-0.15, -0.1) is 0 Å². The molecule has 0 saturated carbocycles. The zero-order valence-corrected chi connectivity index (χ0v) is 14.6. The molecule has 1 heterocycles. The largest absolute Gasteiger partial charge is 0.497 e. The molecule has 1 amide bonds. The maximum Gasteiger partial charge on any atom is 0.303 e. The maximum atomic E-state index is 12.6. The van der Waals surface area contributed by atoms with E-state index in [1.807, 2.05) is 0 Å². The predicted molar refractivity (Wildman–Crippen MR) is 92.7 cm³/mol. The van der Waals surface area contributed by atoms with E-state index in [4.69, 9.17) is 9.84 Å². The van der Waals surface area contributed by atoms with Crippen LogP contribution in [-0.4, -0.2) is 47.9 Å². The quantitative estimate of drug-likeness (QED) is 0.577. The zero-order chi connectivity index (χ0) is 18.2. The molecule has 1 aliphatic rings. The molecule has 136 valence electrons. The van der Waals surface area contributed by atoms with Crippen molar-refractivity contribution in [3.8, 4) is 5.75 Å². The van der Waals surface area contributed by atoms with Crippen LogP contribution < -0.4 is 4.74 Å². The van der Waals surface area contributed by atoms with Gasteiger partial charge in [0.1, 0.15) is 5.75 Å². The number of methoxy groups -OCH3 is 1. The van der Waals surface area contributed by atoms with Crippen molar-refractivity contribution < 1.29 is 24.2 Å². The Hall–Kier alpha value is -2.37. The number of hydrogen-bond donors (Lipinski definition) is 1. The number of aliphatic carboxylic acids is 1. The summed E-state index contributed by atoms with van der Waals surface area (Å²) < 4.78 is 5.10. The van der Waals surface area contributed by atoms with Crippen LogP contribution in [0.2, 0.25) is 0 Å². The Labute approximate surface area is 147 Å². The van der Waals surface area contributed by atoms with Crippen molar-refractivity contribution in [1.29, 1.82) is 0 Å². The Morgan fingerprint density at radius 2 is 1.68 bits per heavy atom. The highest BCUT2D eigenvalue weighted by Gasteiger charge is 2.27. The van der Waals surface area contributed by atoms with Gasteiger partial charge in [-0.25, -0.2) is 0 Å². The number of likely N-dealkylation sites (tertiary alicyclic amines) is 1. The first-order chi connectivity index (χ1) is 12.0. The number of ether oxygens (including phenoxy) is 1. The lowest BCUT2D eigenvalue weighted by Gasteiger charge is -2.31. The van der Waals surface area contributed by atoms with Gasteiger partial charge in [-0.3, -0.25) is 14.4 Å². The molecule has 0 aliphatic carbocycles. The van der Waals surface area contributed by atoms with Gasteiger partial charge in [0.05, 0.1) is 7.11 Å². The highest BCUT2D eigenvalue weighted by atomic mass is 16.5. The van der Waals surface area contributed by atoms with E-state index in [2.05, 4.69) is 0 Å². The smallest absolute Gasteiger partial charge is 0.303 e. The van der Waals surface area contributed by atoms with Crippen LogP contribution in [0.25, 0.3) is 0 Å². The number of Topliss-reactive ketones (excluding diaryl/α,β-unsaturated/α-hetero) is 1. The summed E-state index contributed by atoms with van der Waals surface area (Å²) in [6.45, 7) is 1.18. The van der Waals surface area contributed by atoms with Crippen molar-refractivity contribution in [2.45, 2.75) is 38.5 Å². The number of carbonyl (C=O) groups excluding carboxylic acids is 2. The Bertz CT molecular complexity index is 603. The molecule has 0 radical (unpaired) electrons. The fraction of sp³-hybridized carbons (Fsp3) is 0.526. The molecule has 1 aromatic carbocycles. The third-order valence-electron chi connectivity index (χ3n) is 4.62. The first kappa shape index (κ1) is 19.0. The Morgan fingerprint density at radius 1 is 1.08 bits per heavy atom. The molecule has 25 heavy (non-hydrogen) atoms. The third-order valence-corrected chi connectivity index (χ3v) is 4.62. The lowest BCUT2D eigenvalue weighted by atomic mass is 9.88. The van der Waals surface area contributed by atoms with Crippen LogP contribution >= 0.6 is 0 Å². The standard InChI is InChI=1S/C19H25NO5/c1-25-16-8-6-14(7-9-16)19(24)15-10-12-20(13-11-15)17(21)4-2-3-5-18(22)23/h6-9,15H,2-5,10-13H2,1H3,(H,22,23). The van der Waals surface area contributed by atoms with Crippen molar-refractivity contribution in [2.75, 3.05) is 20.2 Å². The fourth-order valence-corrected chi connectivity index (χ4v) is 3.09. The number of unbranched alkanes of at least 4 members (excludes halogenated alkanes) is 1. The van der Waals surface area contributed by atoms with E-state index in [-0.39, 0.29) is 24.0 Å². The van der Waals surface area contributed by atoms with Crippen LogP contribution in [0.15, 0.2) is 24.3 Å². The first-order valence-corrected chi connectivity index (χ1v) is 8.69. The number of piperidine rings is 1. The van der Waals surface area contributed by atoms with Crippen LogP contribution in [0, 0.1) is 5.92 Å². The molecular weight excluding hydrogens is 322 g/mol. The molecule has 1 fully saturated rings. The number of carboxylic acids is 1. The Morgan fingerprint density at radius 3 is 2.24 bits per heavy atom. The van der Waals surface area contributed by atoms with Gasteiger partial charge >= 0.3 is 5.97 Å². The molecule has 1 aliphatic heterocycles. The second-order valence-corrected chi connectivity index (χ2v) is 6.35. The number of rotatable bonds is 8. The fourth-order valence-electron chi connectivity index (χ4n) is 3.09. The van der Waals surface area contributed by atoms with Crippen LogP contribution in [0.4, 0.5) is 0 Å². The summed E-state index contributed by atoms with van der Waals surface area (Å²) in [7, 11) is 1.59. The molecule has 0 unspecified atom stereocenters. The van der Waals surface area contributed by atoms with E-state index < -0.39 is 5.97 Å². The van der Waals surface area contributed by atoms with Gasteiger partial charge in [0.25, 0.3) is 0 Å². The van der Waals surface area contributed by atoms with Gasteiger partial charge in [0.2, 0.25) is 5.91 Å². The summed E-state index contributed by atoms with van der Waals surface area (Å²) in [5.74, 6) is 0.0200. The number of carboxylic acid groups (broad SMARTS) is 1. The van der Waals surface area contributed by atoms with Gasteiger partial charge in [0.15, 0.2) is 5.78 Å². The minimum Gasteiger partial charge on any atom is -0.497 e. The van der Waals surface area contributed by atoms with Gasteiger partial charge in [-0.1, -0.05) is 0 Å². The number of benzene rings is 1. The second kappa shape index (κ2) is 9.20. The van der Waals surface area contributed by atoms with E-state index in [0.717, 1.165) is 5.75 Å². The van der Waals surface area contributed by atoms with E-state index in [1.165, 1.54) is 0 Å². The number of ketones is 1. The lowest BCUT2D eigenvalue weighted by molar-refractivity contribution is -0.137. The summed E-state index contributed by atoms with van der Waals surface area (Å²) in [4.78, 5) is 36.9. The average molecular weight is 347 g/mol. The van der Waals surface area contributed by atoms with Gasteiger partial charge < -0.3 is 14.7 Å². The molecular formula is C19H25NO5. The molecule has 0 atom stereocenters. The van der Waals surface area contributed by atoms with Gasteiger partial charge in [0, 0.05) is 37.4 Å². The molecule has 0 spiro atoms. The lowest BCUT2D eigenvalue weighted by Crippen LogP contribution is -2.40. The van der Waals surface area contributed by atoms with Crippen molar-refractivity contribution in [3.05, 3.63) is 29.8 Å². The summed E-state index contributed by atoms with van der Waals surface area (Å²) in [5.41, 5.74) is 0.680. The van der Waals surface area contributed by atoms with Gasteiger partial charge in [-0.05, 0) is 49.9 Å². The summed E-state index contributed by atoms with van der Waals surface area (Å²) >= 11 is 0. The highest BCUT2D eigenvalue weighted by molar-refractivity contribution is 5.98. The summed E-state index contributed by atoms with van der Waals surface area (Å²) in [6.07, 6.45) is 2.94. The highest BCUT2D eigenvalue weighted by Crippen LogP contribution is 2.23. The van der Waals surface area contributed by atoms with Crippen LogP contribution in [0.1, 0.15) is 48.9 Å². The monoisotopic (exact) mass is 347 g/mol. The van der Waals surface area contributed by atoms with E-state index in [1.54, 1.807) is 36.3 Å². The zero-order valence-electron chi connectivity index (χ0n) is 14.6. The average Bonchev–Trinajstić information content (AvgIpc) is 2.64. The van der Waals surface area contributed by atoms with E-state index in [9.17, 15) is 14.4 Å². The third kappa shape index (κ3) is 5.59. The first-order valence-electron chi connectivity index (χ1n) is 8.69. The molecule has 0 bridgehead atoms. The molecule has 1 saturated heterocycles. The number of hydrogen-bond acceptors (Lipinski definition) is 4. The maximum absolute atomic E-state index is 12.6. The SMILES string of the molecule is COc1ccc(C(=O)C2CCN(C(=O)CCCCC(=O)O)CC2)cc1. The topological polar surface area (TPSA) is 83.9 Å². The van der Waals surface area contributed by atoms with Crippen LogP contribution in [-0.2, 0) is 9.59 Å². The molecule has 1 N–H and O–H groups in total. The van der Waals surface area contributed by atoms with Crippen LogP contribution in [0.5, 0.6) is 5.75 Å². The summed E-state index contributed by atoms with van der Waals surface area (Å²) in [5, 5.41) is 8.60. The molecule has 1 aromatic rings. The molecule has 0 aromatic heterocycles. The second-order valence-electron chi connectivity index (χ2n) is 6.35. The van der Waals surface area contributed by atoms with Crippen molar-refractivity contribution in [2.24, 2.45) is 5.92 Å². The Balaban J connectivity index is 1.77. The van der Waals surface area contributed by atoms with Crippen molar-refractivity contribution >= 4 is 17.7 Å².